The second-order valence-corrected chi connectivity index (χ2v) is 9.94. The molecule has 0 radical (unpaired) electrons. The highest BCUT2D eigenvalue weighted by molar-refractivity contribution is 6.77. The van der Waals surface area contributed by atoms with E-state index in [2.05, 4.69) is 63.3 Å². The number of rotatable bonds is 2. The van der Waals surface area contributed by atoms with Gasteiger partial charge >= 0.3 is 0 Å². The van der Waals surface area contributed by atoms with E-state index in [1.807, 2.05) is 0 Å². The Bertz CT molecular complexity index is 446. The first-order chi connectivity index (χ1) is 7.45. The lowest BCUT2D eigenvalue weighted by molar-refractivity contribution is 1.03. The van der Waals surface area contributed by atoms with Crippen LogP contribution in [0.25, 0.3) is 6.08 Å². The zero-order chi connectivity index (χ0) is 11.9. The van der Waals surface area contributed by atoms with Crippen LogP contribution >= 0.6 is 0 Å². The molecule has 0 aromatic heterocycles. The van der Waals surface area contributed by atoms with Crippen molar-refractivity contribution in [3.63, 3.8) is 0 Å². The van der Waals surface area contributed by atoms with Crippen LogP contribution in [0, 0.1) is 13.8 Å². The molecule has 0 saturated carbocycles. The zero-order valence-corrected chi connectivity index (χ0v) is 11.9. The Morgan fingerprint density at radius 1 is 1.12 bits per heavy atom. The van der Waals surface area contributed by atoms with E-state index in [9.17, 15) is 0 Å². The van der Waals surface area contributed by atoms with Gasteiger partial charge in [0.05, 0.1) is 0 Å². The van der Waals surface area contributed by atoms with E-state index in [0.717, 1.165) is 0 Å². The lowest BCUT2D eigenvalue weighted by atomic mass is 10.0. The number of benzene rings is 1. The minimum absolute atomic E-state index is 0.617. The Hall–Kier alpha value is -0.863. The summed E-state index contributed by atoms with van der Waals surface area (Å²) in [6.45, 7) is 9.19. The van der Waals surface area contributed by atoms with Gasteiger partial charge in [0.25, 0.3) is 0 Å². The summed E-state index contributed by atoms with van der Waals surface area (Å²) in [6.07, 6.45) is 4.67. The van der Waals surface area contributed by atoms with Crippen LogP contribution in [0.15, 0.2) is 18.2 Å². The molecule has 2 heteroatoms. The van der Waals surface area contributed by atoms with Crippen molar-refractivity contribution in [2.75, 3.05) is 7.05 Å². The summed E-state index contributed by atoms with van der Waals surface area (Å²) in [5.74, 6) is 0. The van der Waals surface area contributed by atoms with E-state index >= 15 is 0 Å². The van der Waals surface area contributed by atoms with Crippen LogP contribution in [0.4, 0.5) is 0 Å². The van der Waals surface area contributed by atoms with E-state index in [0.29, 0.717) is 5.54 Å². The molecule has 0 heterocycles. The largest absolute Gasteiger partial charge is 0.340 e. The summed E-state index contributed by atoms with van der Waals surface area (Å²) in [6, 6.07) is 4.70. The molecule has 1 aromatic carbocycles. The molecule has 0 aliphatic heterocycles. The topological polar surface area (TPSA) is 12.0 Å². The van der Waals surface area contributed by atoms with Gasteiger partial charge in [-0.1, -0.05) is 37.4 Å². The Morgan fingerprint density at radius 2 is 1.75 bits per heavy atom. The summed E-state index contributed by atoms with van der Waals surface area (Å²) in [7, 11) is 0.724. The maximum Gasteiger partial charge on any atom is 0.130 e. The van der Waals surface area contributed by atoms with Crippen LogP contribution in [0.3, 0.4) is 0 Å². The smallest absolute Gasteiger partial charge is 0.130 e. The van der Waals surface area contributed by atoms with Crippen molar-refractivity contribution in [2.45, 2.75) is 32.5 Å². The molecule has 1 atom stereocenters. The molecule has 1 nitrogen and oxygen atoms in total. The standard InChI is InChI=1S/C14H21NSi/c1-10-8-12-6-7-14(16(4,5)15-3)13(12)9-11(10)2/h6-9,14-15H,1-5H3. The fourth-order valence-corrected chi connectivity index (χ4v) is 4.28. The molecule has 86 valence electrons. The van der Waals surface area contributed by atoms with Crippen LogP contribution in [0.1, 0.15) is 27.8 Å². The quantitative estimate of drug-likeness (QED) is 0.770. The number of allylic oxidation sites excluding steroid dienone is 1. The van der Waals surface area contributed by atoms with Gasteiger partial charge in [0.1, 0.15) is 8.24 Å². The number of fused-ring (bicyclic) bond motifs is 1. The lowest BCUT2D eigenvalue weighted by Gasteiger charge is -2.29. The van der Waals surface area contributed by atoms with E-state index in [-0.39, 0.29) is 0 Å². The van der Waals surface area contributed by atoms with Crippen LogP contribution in [-0.4, -0.2) is 15.3 Å². The van der Waals surface area contributed by atoms with E-state index in [1.165, 1.54) is 22.3 Å². The number of hydrogen-bond acceptors (Lipinski definition) is 1. The predicted molar refractivity (Wildman–Crippen MR) is 74.2 cm³/mol. The third-order valence-corrected chi connectivity index (χ3v) is 7.27. The lowest BCUT2D eigenvalue weighted by Crippen LogP contribution is -2.47. The minimum Gasteiger partial charge on any atom is -0.340 e. The van der Waals surface area contributed by atoms with E-state index < -0.39 is 8.24 Å². The Labute approximate surface area is 99.7 Å². The molecule has 1 aromatic rings. The van der Waals surface area contributed by atoms with Crippen LogP contribution < -0.4 is 4.98 Å². The normalized spacial score (nSPS) is 18.9. The summed E-state index contributed by atoms with van der Waals surface area (Å²) >= 11 is 0. The van der Waals surface area contributed by atoms with Crippen molar-refractivity contribution in [3.8, 4) is 0 Å². The summed E-state index contributed by atoms with van der Waals surface area (Å²) in [5, 5.41) is 0. The van der Waals surface area contributed by atoms with Crippen LogP contribution in [0.2, 0.25) is 13.1 Å². The van der Waals surface area contributed by atoms with Gasteiger partial charge < -0.3 is 4.98 Å². The van der Waals surface area contributed by atoms with Gasteiger partial charge in [-0.3, -0.25) is 0 Å². The first kappa shape index (κ1) is 11.6. The third kappa shape index (κ3) is 1.76. The van der Waals surface area contributed by atoms with Gasteiger partial charge in [0, 0.05) is 5.54 Å². The van der Waals surface area contributed by atoms with Crippen LogP contribution in [-0.2, 0) is 0 Å². The molecule has 0 amide bonds. The monoisotopic (exact) mass is 231 g/mol. The van der Waals surface area contributed by atoms with E-state index in [1.54, 1.807) is 0 Å². The predicted octanol–water partition coefficient (Wildman–Crippen LogP) is 3.38. The van der Waals surface area contributed by atoms with Gasteiger partial charge in [-0.05, 0) is 43.1 Å². The molecule has 1 N–H and O–H groups in total. The Morgan fingerprint density at radius 3 is 2.38 bits per heavy atom. The first-order valence-corrected chi connectivity index (χ1v) is 9.01. The Balaban J connectivity index is 2.48. The molecular weight excluding hydrogens is 210 g/mol. The zero-order valence-electron chi connectivity index (χ0n) is 10.9. The fourth-order valence-electron chi connectivity index (χ4n) is 2.36. The molecule has 0 spiro atoms. The summed E-state index contributed by atoms with van der Waals surface area (Å²) in [5.41, 5.74) is 6.37. The van der Waals surface area contributed by atoms with Gasteiger partial charge in [0.15, 0.2) is 0 Å². The van der Waals surface area contributed by atoms with Crippen molar-refractivity contribution in [1.82, 2.24) is 4.98 Å². The van der Waals surface area contributed by atoms with Gasteiger partial charge in [-0.2, -0.15) is 0 Å². The molecule has 16 heavy (non-hydrogen) atoms. The molecule has 2 rings (SSSR count). The molecule has 1 aliphatic rings. The van der Waals surface area contributed by atoms with Crippen molar-refractivity contribution in [1.29, 1.82) is 0 Å². The fraction of sp³-hybridized carbons (Fsp3) is 0.429. The molecule has 1 unspecified atom stereocenters. The number of aryl methyl sites for hydroxylation is 2. The van der Waals surface area contributed by atoms with Crippen molar-refractivity contribution in [2.24, 2.45) is 0 Å². The number of nitrogens with one attached hydrogen (secondary N) is 1. The highest BCUT2D eigenvalue weighted by Crippen LogP contribution is 2.36. The van der Waals surface area contributed by atoms with Gasteiger partial charge in [0.2, 0.25) is 0 Å². The second kappa shape index (κ2) is 3.86. The minimum atomic E-state index is -1.37. The number of hydrogen-bond donors (Lipinski definition) is 1. The van der Waals surface area contributed by atoms with Crippen molar-refractivity contribution < 1.29 is 0 Å². The third-order valence-electron chi connectivity index (χ3n) is 3.92. The van der Waals surface area contributed by atoms with Gasteiger partial charge in [-0.15, -0.1) is 0 Å². The molecule has 0 fully saturated rings. The SMILES string of the molecule is CN[Si](C)(C)C1C=Cc2cc(C)c(C)cc21. The molecule has 0 bridgehead atoms. The molecular formula is C14H21NSi. The highest BCUT2D eigenvalue weighted by Gasteiger charge is 2.33. The maximum atomic E-state index is 3.55. The van der Waals surface area contributed by atoms with Crippen molar-refractivity contribution >= 4 is 14.3 Å². The Kier molecular flexibility index (Phi) is 2.80. The highest BCUT2D eigenvalue weighted by atomic mass is 28.3. The van der Waals surface area contributed by atoms with Crippen LogP contribution in [0.5, 0.6) is 0 Å². The average Bonchev–Trinajstić information content (AvgIpc) is 2.62. The molecule has 1 aliphatic carbocycles. The summed E-state index contributed by atoms with van der Waals surface area (Å²) in [4.78, 5) is 3.55. The second-order valence-electron chi connectivity index (χ2n) is 5.37. The average molecular weight is 231 g/mol. The maximum absolute atomic E-state index is 3.55. The van der Waals surface area contributed by atoms with Crippen molar-refractivity contribution in [3.05, 3.63) is 40.5 Å². The molecule has 0 saturated heterocycles. The summed E-state index contributed by atoms with van der Waals surface area (Å²) < 4.78 is 0. The van der Waals surface area contributed by atoms with Gasteiger partial charge in [-0.25, -0.2) is 0 Å². The first-order valence-electron chi connectivity index (χ1n) is 5.94. The van der Waals surface area contributed by atoms with E-state index in [4.69, 9.17) is 0 Å².